The lowest BCUT2D eigenvalue weighted by molar-refractivity contribution is 0.494. The monoisotopic (exact) mass is 182 g/mol. The van der Waals surface area contributed by atoms with Crippen molar-refractivity contribution in [3.05, 3.63) is 33.1 Å². The van der Waals surface area contributed by atoms with Crippen LogP contribution in [0.1, 0.15) is 20.3 Å². The quantitative estimate of drug-likeness (QED) is 0.743. The van der Waals surface area contributed by atoms with Crippen molar-refractivity contribution < 1.29 is 0 Å². The molecule has 0 atom stereocenters. The summed E-state index contributed by atoms with van der Waals surface area (Å²) in [5.41, 5.74) is -0.558. The van der Waals surface area contributed by atoms with Gasteiger partial charge in [0.05, 0.1) is 0 Å². The van der Waals surface area contributed by atoms with Crippen LogP contribution in [0.2, 0.25) is 0 Å². The molecule has 4 nitrogen and oxygen atoms in total. The molecule has 0 fully saturated rings. The number of rotatable bonds is 3. The molecule has 0 aliphatic carbocycles. The number of H-pyrrole nitrogens is 1. The van der Waals surface area contributed by atoms with Gasteiger partial charge >= 0.3 is 5.69 Å². The Kier molecular flexibility index (Phi) is 3.06. The van der Waals surface area contributed by atoms with E-state index >= 15 is 0 Å². The highest BCUT2D eigenvalue weighted by atomic mass is 16.2. The Hall–Kier alpha value is -1.32. The minimum atomic E-state index is -0.326. The van der Waals surface area contributed by atoms with E-state index in [-0.39, 0.29) is 11.2 Å². The van der Waals surface area contributed by atoms with E-state index < -0.39 is 0 Å². The third kappa shape index (κ3) is 2.57. The topological polar surface area (TPSA) is 54.9 Å². The van der Waals surface area contributed by atoms with Gasteiger partial charge in [-0.15, -0.1) is 0 Å². The highest BCUT2D eigenvalue weighted by molar-refractivity contribution is 4.82. The molecule has 0 aliphatic heterocycles. The molecule has 13 heavy (non-hydrogen) atoms. The molecular formula is C9H14N2O2. The fraction of sp³-hybridized carbons (Fsp3) is 0.556. The summed E-state index contributed by atoms with van der Waals surface area (Å²) in [5.74, 6) is 0.492. The maximum absolute atomic E-state index is 11.2. The Labute approximate surface area is 76.2 Å². The van der Waals surface area contributed by atoms with Crippen molar-refractivity contribution in [3.63, 3.8) is 0 Å². The second-order valence-electron chi connectivity index (χ2n) is 3.46. The van der Waals surface area contributed by atoms with E-state index in [0.717, 1.165) is 6.42 Å². The fourth-order valence-corrected chi connectivity index (χ4v) is 1.05. The van der Waals surface area contributed by atoms with Gasteiger partial charge in [-0.05, 0) is 12.3 Å². The van der Waals surface area contributed by atoms with Gasteiger partial charge < -0.3 is 4.98 Å². The van der Waals surface area contributed by atoms with Crippen LogP contribution in [0.25, 0.3) is 0 Å². The number of aromatic amines is 1. The normalized spacial score (nSPS) is 10.7. The van der Waals surface area contributed by atoms with Crippen LogP contribution >= 0.6 is 0 Å². The van der Waals surface area contributed by atoms with Crippen LogP contribution < -0.4 is 11.2 Å². The Balaban J connectivity index is 2.88. The van der Waals surface area contributed by atoms with Crippen LogP contribution in [0, 0.1) is 5.92 Å². The van der Waals surface area contributed by atoms with Crippen LogP contribution in [0.15, 0.2) is 21.9 Å². The molecule has 0 amide bonds. The fourth-order valence-electron chi connectivity index (χ4n) is 1.05. The summed E-state index contributed by atoms with van der Waals surface area (Å²) < 4.78 is 1.22. The number of hydrogen-bond donors (Lipinski definition) is 1. The lowest BCUT2D eigenvalue weighted by Gasteiger charge is -2.05. The van der Waals surface area contributed by atoms with E-state index in [2.05, 4.69) is 18.8 Å². The van der Waals surface area contributed by atoms with Crippen molar-refractivity contribution in [2.24, 2.45) is 5.92 Å². The van der Waals surface area contributed by atoms with Gasteiger partial charge in [0.15, 0.2) is 0 Å². The molecule has 0 spiro atoms. The first-order valence-corrected chi connectivity index (χ1v) is 4.40. The molecule has 1 N–H and O–H groups in total. The third-order valence-electron chi connectivity index (χ3n) is 1.87. The molecule has 1 heterocycles. The lowest BCUT2D eigenvalue weighted by atomic mass is 10.1. The Morgan fingerprint density at radius 3 is 2.69 bits per heavy atom. The molecule has 0 aromatic carbocycles. The molecule has 0 bridgehead atoms. The SMILES string of the molecule is CC(C)CCn1c(=O)cc[nH]c1=O. The van der Waals surface area contributed by atoms with E-state index in [9.17, 15) is 9.59 Å². The van der Waals surface area contributed by atoms with Gasteiger partial charge in [-0.3, -0.25) is 9.36 Å². The van der Waals surface area contributed by atoms with Crippen molar-refractivity contribution in [1.29, 1.82) is 0 Å². The van der Waals surface area contributed by atoms with E-state index in [4.69, 9.17) is 0 Å². The molecule has 0 unspecified atom stereocenters. The average Bonchev–Trinajstić information content (AvgIpc) is 2.03. The Morgan fingerprint density at radius 2 is 2.15 bits per heavy atom. The van der Waals surface area contributed by atoms with Crippen molar-refractivity contribution in [1.82, 2.24) is 9.55 Å². The van der Waals surface area contributed by atoms with Crippen LogP contribution in [0.5, 0.6) is 0 Å². The van der Waals surface area contributed by atoms with E-state index in [1.807, 2.05) is 0 Å². The molecular weight excluding hydrogens is 168 g/mol. The van der Waals surface area contributed by atoms with Crippen LogP contribution in [0.4, 0.5) is 0 Å². The largest absolute Gasteiger partial charge is 0.328 e. The molecule has 1 aromatic heterocycles. The lowest BCUT2D eigenvalue weighted by Crippen LogP contribution is -2.34. The molecule has 1 rings (SSSR count). The third-order valence-corrected chi connectivity index (χ3v) is 1.87. The smallest absolute Gasteiger partial charge is 0.314 e. The summed E-state index contributed by atoms with van der Waals surface area (Å²) in [7, 11) is 0. The second kappa shape index (κ2) is 4.07. The van der Waals surface area contributed by atoms with Crippen LogP contribution in [-0.2, 0) is 6.54 Å². The summed E-state index contributed by atoms with van der Waals surface area (Å²) >= 11 is 0. The van der Waals surface area contributed by atoms with Gasteiger partial charge in [-0.1, -0.05) is 13.8 Å². The molecule has 0 saturated heterocycles. The zero-order valence-electron chi connectivity index (χ0n) is 7.91. The number of nitrogens with zero attached hydrogens (tertiary/aromatic N) is 1. The van der Waals surface area contributed by atoms with Crippen LogP contribution in [-0.4, -0.2) is 9.55 Å². The Bertz CT molecular complexity index is 347. The maximum atomic E-state index is 11.2. The minimum Gasteiger partial charge on any atom is -0.314 e. The first kappa shape index (κ1) is 9.77. The highest BCUT2D eigenvalue weighted by Crippen LogP contribution is 1.98. The summed E-state index contributed by atoms with van der Waals surface area (Å²) in [6.45, 7) is 4.61. The van der Waals surface area contributed by atoms with Crippen molar-refractivity contribution in [2.45, 2.75) is 26.8 Å². The average molecular weight is 182 g/mol. The van der Waals surface area contributed by atoms with Gasteiger partial charge in [-0.25, -0.2) is 4.79 Å². The zero-order chi connectivity index (χ0) is 9.84. The maximum Gasteiger partial charge on any atom is 0.328 e. The molecule has 0 aliphatic rings. The van der Waals surface area contributed by atoms with Crippen molar-refractivity contribution in [2.75, 3.05) is 0 Å². The number of hydrogen-bond acceptors (Lipinski definition) is 2. The van der Waals surface area contributed by atoms with Crippen molar-refractivity contribution in [3.8, 4) is 0 Å². The van der Waals surface area contributed by atoms with E-state index in [1.165, 1.54) is 16.8 Å². The first-order valence-electron chi connectivity index (χ1n) is 4.40. The van der Waals surface area contributed by atoms with Crippen molar-refractivity contribution >= 4 is 0 Å². The van der Waals surface area contributed by atoms with E-state index in [0.29, 0.717) is 12.5 Å². The minimum absolute atomic E-state index is 0.232. The molecule has 0 saturated carbocycles. The molecule has 72 valence electrons. The zero-order valence-corrected chi connectivity index (χ0v) is 7.91. The summed E-state index contributed by atoms with van der Waals surface area (Å²) in [6, 6.07) is 1.36. The van der Waals surface area contributed by atoms with Gasteiger partial charge in [0.1, 0.15) is 0 Å². The summed E-state index contributed by atoms with van der Waals surface area (Å²) in [6.07, 6.45) is 2.21. The number of aromatic nitrogens is 2. The van der Waals surface area contributed by atoms with Gasteiger partial charge in [0.2, 0.25) is 0 Å². The molecule has 0 radical (unpaired) electrons. The predicted molar refractivity (Wildman–Crippen MR) is 50.8 cm³/mol. The summed E-state index contributed by atoms with van der Waals surface area (Å²) in [5, 5.41) is 0. The predicted octanol–water partition coefficient (Wildman–Crippen LogP) is 0.583. The van der Waals surface area contributed by atoms with Gasteiger partial charge in [0, 0.05) is 18.8 Å². The number of nitrogens with one attached hydrogen (secondary N) is 1. The van der Waals surface area contributed by atoms with Crippen LogP contribution in [0.3, 0.4) is 0 Å². The van der Waals surface area contributed by atoms with E-state index in [1.54, 1.807) is 0 Å². The standard InChI is InChI=1S/C9H14N2O2/c1-7(2)4-6-11-8(12)3-5-10-9(11)13/h3,5,7H,4,6H2,1-2H3,(H,10,13). The molecule has 4 heteroatoms. The molecule has 1 aromatic rings. The first-order chi connectivity index (χ1) is 6.11. The second-order valence-corrected chi connectivity index (χ2v) is 3.46. The summed E-state index contributed by atoms with van der Waals surface area (Å²) in [4.78, 5) is 24.8. The van der Waals surface area contributed by atoms with Gasteiger partial charge in [0.25, 0.3) is 5.56 Å². The van der Waals surface area contributed by atoms with Gasteiger partial charge in [-0.2, -0.15) is 0 Å². The Morgan fingerprint density at radius 1 is 1.46 bits per heavy atom. The highest BCUT2D eigenvalue weighted by Gasteiger charge is 2.00.